The van der Waals surface area contributed by atoms with Gasteiger partial charge in [0.15, 0.2) is 0 Å². The second-order valence-corrected chi connectivity index (χ2v) is 8.26. The number of hydrogen-bond donors (Lipinski definition) is 3. The highest BCUT2D eigenvalue weighted by Gasteiger charge is 2.21. The van der Waals surface area contributed by atoms with E-state index in [9.17, 15) is 15.3 Å². The van der Waals surface area contributed by atoms with Gasteiger partial charge in [-0.15, -0.1) is 0 Å². The Hall–Kier alpha value is -4.51. The van der Waals surface area contributed by atoms with Gasteiger partial charge < -0.3 is 15.3 Å². The summed E-state index contributed by atoms with van der Waals surface area (Å²) in [4.78, 5) is 0. The molecule has 0 unspecified atom stereocenters. The van der Waals surface area contributed by atoms with E-state index in [2.05, 4.69) is 12.1 Å². The monoisotopic (exact) mass is 448 g/mol. The molecule has 3 N–H and O–H groups in total. The van der Waals surface area contributed by atoms with Gasteiger partial charge in [-0.25, -0.2) is 0 Å². The molecule has 4 aromatic carbocycles. The largest absolute Gasteiger partial charge is 0.508 e. The van der Waals surface area contributed by atoms with E-state index in [0.717, 1.165) is 39.2 Å². The molecule has 5 aromatic rings. The molecule has 0 radical (unpaired) electrons. The minimum atomic E-state index is 0.200. The number of benzene rings is 4. The maximum absolute atomic E-state index is 9.99. The molecule has 168 valence electrons. The average molecular weight is 449 g/mol. The number of aromatic hydroxyl groups is 3. The fourth-order valence-corrected chi connectivity index (χ4v) is 4.20. The molecule has 1 aromatic heterocycles. The molecular formula is C29H24N2O3. The van der Waals surface area contributed by atoms with E-state index in [4.69, 9.17) is 5.10 Å². The van der Waals surface area contributed by atoms with Crippen molar-refractivity contribution in [1.29, 1.82) is 0 Å². The molecule has 0 aliphatic carbocycles. The van der Waals surface area contributed by atoms with Gasteiger partial charge >= 0.3 is 0 Å². The smallest absolute Gasteiger partial charge is 0.115 e. The minimum Gasteiger partial charge on any atom is -0.508 e. The Kier molecular flexibility index (Phi) is 5.75. The van der Waals surface area contributed by atoms with Gasteiger partial charge in [0.05, 0.1) is 17.9 Å². The molecule has 5 nitrogen and oxygen atoms in total. The molecule has 0 aliphatic rings. The lowest BCUT2D eigenvalue weighted by atomic mass is 9.96. The molecule has 0 saturated carbocycles. The molecule has 1 heterocycles. The molecule has 0 bridgehead atoms. The van der Waals surface area contributed by atoms with E-state index in [0.29, 0.717) is 13.0 Å². The summed E-state index contributed by atoms with van der Waals surface area (Å²) in [6, 6.07) is 31.6. The van der Waals surface area contributed by atoms with E-state index in [1.807, 2.05) is 59.3 Å². The van der Waals surface area contributed by atoms with Crippen LogP contribution in [0.1, 0.15) is 16.7 Å². The van der Waals surface area contributed by atoms with E-state index in [1.165, 1.54) is 0 Å². The third kappa shape index (κ3) is 4.50. The van der Waals surface area contributed by atoms with Gasteiger partial charge in [0.25, 0.3) is 0 Å². The zero-order chi connectivity index (χ0) is 23.5. The zero-order valence-corrected chi connectivity index (χ0v) is 18.5. The summed E-state index contributed by atoms with van der Waals surface area (Å²) in [5, 5.41) is 34.7. The van der Waals surface area contributed by atoms with Gasteiger partial charge in [-0.1, -0.05) is 42.5 Å². The molecule has 5 heteroatoms. The quantitative estimate of drug-likeness (QED) is 0.299. The minimum absolute atomic E-state index is 0.200. The highest BCUT2D eigenvalue weighted by atomic mass is 16.3. The van der Waals surface area contributed by atoms with Crippen molar-refractivity contribution in [2.75, 3.05) is 0 Å². The van der Waals surface area contributed by atoms with Gasteiger partial charge in [0.1, 0.15) is 17.2 Å². The Morgan fingerprint density at radius 1 is 0.588 bits per heavy atom. The van der Waals surface area contributed by atoms with Crippen LogP contribution in [-0.2, 0) is 13.0 Å². The Morgan fingerprint density at radius 2 is 1.21 bits per heavy atom. The number of phenolic OH excluding ortho intramolecular Hbond substituents is 3. The molecule has 0 amide bonds. The second-order valence-electron chi connectivity index (χ2n) is 8.26. The SMILES string of the molecule is Oc1ccc(-c2nn(Cc3cccc(O)c3)c(-c3ccc(O)cc3)c2Cc2ccccc2)cc1. The summed E-state index contributed by atoms with van der Waals surface area (Å²) in [6.07, 6.45) is 0.660. The van der Waals surface area contributed by atoms with Crippen LogP contribution < -0.4 is 0 Å². The van der Waals surface area contributed by atoms with Crippen LogP contribution in [0.3, 0.4) is 0 Å². The third-order valence-electron chi connectivity index (χ3n) is 5.80. The lowest BCUT2D eigenvalue weighted by molar-refractivity contribution is 0.473. The zero-order valence-electron chi connectivity index (χ0n) is 18.5. The summed E-state index contributed by atoms with van der Waals surface area (Å²) in [6.45, 7) is 0.463. The first-order valence-corrected chi connectivity index (χ1v) is 11.1. The molecule has 5 rings (SSSR count). The third-order valence-corrected chi connectivity index (χ3v) is 5.80. The highest BCUT2D eigenvalue weighted by Crippen LogP contribution is 2.36. The molecule has 0 fully saturated rings. The van der Waals surface area contributed by atoms with Crippen molar-refractivity contribution in [1.82, 2.24) is 9.78 Å². The second kappa shape index (κ2) is 9.16. The standard InChI is InChI=1S/C29H24N2O3/c32-24-13-9-22(10-14-24)28-27(18-20-5-2-1-3-6-20)29(23-11-15-25(33)16-12-23)31(30-28)19-21-7-4-8-26(34)17-21/h1-17,32-34H,18-19H2. The first kappa shape index (κ1) is 21.3. The van der Waals surface area contributed by atoms with Gasteiger partial charge in [-0.05, 0) is 71.8 Å². The number of rotatable bonds is 6. The van der Waals surface area contributed by atoms with Crippen molar-refractivity contribution in [2.24, 2.45) is 0 Å². The van der Waals surface area contributed by atoms with Crippen molar-refractivity contribution >= 4 is 0 Å². The number of phenols is 3. The van der Waals surface area contributed by atoms with E-state index in [1.54, 1.807) is 36.4 Å². The lowest BCUT2D eigenvalue weighted by Gasteiger charge is -2.11. The van der Waals surface area contributed by atoms with Crippen LogP contribution >= 0.6 is 0 Å². The summed E-state index contributed by atoms with van der Waals surface area (Å²) in [5.74, 6) is 0.608. The van der Waals surface area contributed by atoms with Gasteiger partial charge in [0, 0.05) is 23.1 Å². The number of hydrogen-bond acceptors (Lipinski definition) is 4. The fourth-order valence-electron chi connectivity index (χ4n) is 4.20. The first-order valence-electron chi connectivity index (χ1n) is 11.1. The van der Waals surface area contributed by atoms with Crippen molar-refractivity contribution in [2.45, 2.75) is 13.0 Å². The van der Waals surface area contributed by atoms with Crippen molar-refractivity contribution in [3.63, 3.8) is 0 Å². The Bertz CT molecular complexity index is 1410. The van der Waals surface area contributed by atoms with Gasteiger partial charge in [-0.3, -0.25) is 4.68 Å². The van der Waals surface area contributed by atoms with Crippen molar-refractivity contribution in [3.05, 3.63) is 120 Å². The summed E-state index contributed by atoms with van der Waals surface area (Å²) in [7, 11) is 0. The van der Waals surface area contributed by atoms with E-state index in [-0.39, 0.29) is 17.2 Å². The molecule has 0 atom stereocenters. The van der Waals surface area contributed by atoms with Crippen molar-refractivity contribution < 1.29 is 15.3 Å². The normalized spacial score (nSPS) is 10.9. The highest BCUT2D eigenvalue weighted by molar-refractivity contribution is 5.76. The van der Waals surface area contributed by atoms with E-state index < -0.39 is 0 Å². The van der Waals surface area contributed by atoms with Crippen LogP contribution in [0.2, 0.25) is 0 Å². The fraction of sp³-hybridized carbons (Fsp3) is 0.0690. The maximum Gasteiger partial charge on any atom is 0.115 e. The van der Waals surface area contributed by atoms with Crippen LogP contribution in [0, 0.1) is 0 Å². The summed E-state index contributed by atoms with van der Waals surface area (Å²) in [5.41, 5.74) is 6.72. The molecular weight excluding hydrogens is 424 g/mol. The first-order chi connectivity index (χ1) is 16.6. The Balaban J connectivity index is 1.73. The Morgan fingerprint density at radius 3 is 1.85 bits per heavy atom. The topological polar surface area (TPSA) is 78.5 Å². The summed E-state index contributed by atoms with van der Waals surface area (Å²) < 4.78 is 1.95. The van der Waals surface area contributed by atoms with E-state index >= 15 is 0 Å². The molecule has 0 spiro atoms. The van der Waals surface area contributed by atoms with Crippen LogP contribution in [0.5, 0.6) is 17.2 Å². The molecule has 34 heavy (non-hydrogen) atoms. The van der Waals surface area contributed by atoms with Crippen molar-refractivity contribution in [3.8, 4) is 39.8 Å². The van der Waals surface area contributed by atoms with Crippen LogP contribution in [0.15, 0.2) is 103 Å². The predicted molar refractivity (Wildman–Crippen MR) is 133 cm³/mol. The predicted octanol–water partition coefficient (Wildman–Crippen LogP) is 5.97. The van der Waals surface area contributed by atoms with Gasteiger partial charge in [-0.2, -0.15) is 5.10 Å². The van der Waals surface area contributed by atoms with Gasteiger partial charge in [0.2, 0.25) is 0 Å². The summed E-state index contributed by atoms with van der Waals surface area (Å²) >= 11 is 0. The van der Waals surface area contributed by atoms with Crippen LogP contribution in [0.25, 0.3) is 22.5 Å². The maximum atomic E-state index is 9.99. The number of nitrogens with zero attached hydrogens (tertiary/aromatic N) is 2. The van der Waals surface area contributed by atoms with Crippen LogP contribution in [-0.4, -0.2) is 25.1 Å². The average Bonchev–Trinajstić information content (AvgIpc) is 3.18. The molecule has 0 aliphatic heterocycles. The molecule has 0 saturated heterocycles. The Labute approximate surface area is 197 Å². The lowest BCUT2D eigenvalue weighted by Crippen LogP contribution is -2.04. The van der Waals surface area contributed by atoms with Crippen LogP contribution in [0.4, 0.5) is 0 Å². The number of aromatic nitrogens is 2.